The molecule has 8 aromatic rings. The Morgan fingerprint density at radius 3 is 1.28 bits per heavy atom. The summed E-state index contributed by atoms with van der Waals surface area (Å²) in [5.41, 5.74) is 12.2. The van der Waals surface area contributed by atoms with E-state index in [1.165, 1.54) is 33.6 Å². The van der Waals surface area contributed by atoms with Gasteiger partial charge in [-0.3, -0.25) is 0 Å². The Morgan fingerprint density at radius 2 is 0.815 bits per heavy atom. The van der Waals surface area contributed by atoms with Gasteiger partial charge in [0.15, 0.2) is 11.3 Å². The first kappa shape index (κ1) is 39.8. The number of hydrogen-bond donors (Lipinski definition) is 0. The predicted molar refractivity (Wildman–Crippen MR) is 221 cm³/mol. The van der Waals surface area contributed by atoms with Crippen molar-refractivity contribution in [3.05, 3.63) is 132 Å². The average molecular weight is 727 g/mol. The maximum Gasteiger partial charge on any atom is 0.155 e. The lowest BCUT2D eigenvalue weighted by molar-refractivity contribution is 0.584. The van der Waals surface area contributed by atoms with Gasteiger partial charge in [-0.2, -0.15) is 10.2 Å². The smallest absolute Gasteiger partial charge is 0.155 e. The minimum atomic E-state index is 0.167. The molecule has 0 saturated carbocycles. The molecule has 0 fully saturated rings. The van der Waals surface area contributed by atoms with Gasteiger partial charge in [-0.25, -0.2) is 29.0 Å². The molecule has 54 heavy (non-hydrogen) atoms. The van der Waals surface area contributed by atoms with Gasteiger partial charge in [0.25, 0.3) is 0 Å². The molecule has 0 N–H and O–H groups in total. The van der Waals surface area contributed by atoms with E-state index in [0.717, 1.165) is 22.6 Å². The third-order valence-electron chi connectivity index (χ3n) is 9.40. The molecule has 0 bridgehead atoms. The zero-order valence-electron chi connectivity index (χ0n) is 34.7. The van der Waals surface area contributed by atoms with E-state index in [4.69, 9.17) is 0 Å². The first-order valence-electron chi connectivity index (χ1n) is 18.6. The van der Waals surface area contributed by atoms with Crippen LogP contribution in [0.5, 0.6) is 0 Å². The molecular weight excluding hydrogens is 669 g/mol. The summed E-state index contributed by atoms with van der Waals surface area (Å²) in [4.78, 5) is 16.8. The van der Waals surface area contributed by atoms with E-state index in [9.17, 15) is 0 Å². The van der Waals surface area contributed by atoms with Crippen LogP contribution >= 0.6 is 0 Å². The number of imidazole rings is 2. The number of rotatable bonds is 0. The molecule has 284 valence electrons. The molecule has 0 aliphatic rings. The molecule has 8 aromatic heterocycles. The van der Waals surface area contributed by atoms with Crippen molar-refractivity contribution < 1.29 is 0 Å². The highest BCUT2D eigenvalue weighted by Crippen LogP contribution is 2.25. The molecule has 0 aromatic carbocycles. The SMILES string of the molecule is CC(C)(C)c1ccc2ncnn2c1.CC(C)(C)c1ccn2ncnc2c1.Cc1cnc2ccc(C(C)(C)C)cn12.Cc1cnc2ccc(C(C)(C)C)cn12. The molecule has 0 unspecified atom stereocenters. The summed E-state index contributed by atoms with van der Waals surface area (Å²) in [7, 11) is 0. The fraction of sp³-hybridized carbons (Fsp3) is 0.409. The fourth-order valence-electron chi connectivity index (χ4n) is 5.63. The zero-order valence-corrected chi connectivity index (χ0v) is 34.7. The molecule has 0 saturated heterocycles. The van der Waals surface area contributed by atoms with Crippen molar-refractivity contribution >= 4 is 22.6 Å². The predicted octanol–water partition coefficient (Wildman–Crippen LogP) is 9.93. The topological polar surface area (TPSA) is 95.0 Å². The van der Waals surface area contributed by atoms with Crippen LogP contribution in [0.1, 0.15) is 117 Å². The third-order valence-corrected chi connectivity index (χ3v) is 9.40. The third kappa shape index (κ3) is 9.58. The number of fused-ring (bicyclic) bond motifs is 4. The van der Waals surface area contributed by atoms with Crippen LogP contribution in [0.4, 0.5) is 0 Å². The second-order valence-corrected chi connectivity index (χ2v) is 18.0. The number of nitrogens with zero attached hydrogens (tertiary/aromatic N) is 10. The van der Waals surface area contributed by atoms with Crippen LogP contribution in [0, 0.1) is 13.8 Å². The molecule has 0 amide bonds. The van der Waals surface area contributed by atoms with Gasteiger partial charge in [-0.1, -0.05) is 101 Å². The van der Waals surface area contributed by atoms with E-state index in [1.54, 1.807) is 21.7 Å². The Morgan fingerprint density at radius 1 is 0.407 bits per heavy atom. The second-order valence-electron chi connectivity index (χ2n) is 18.0. The summed E-state index contributed by atoms with van der Waals surface area (Å²) in [5, 5.41) is 8.15. The number of hydrogen-bond acceptors (Lipinski definition) is 6. The minimum Gasteiger partial charge on any atom is -0.304 e. The van der Waals surface area contributed by atoms with Gasteiger partial charge in [0.05, 0.1) is 0 Å². The standard InChI is InChI=1S/2C12H16N2.2C10H13N3/c2*1-9-7-13-11-6-5-10(8-14(9)11)12(2,3)4;1-10(2,3)8-4-5-13-9(6-8)11-7-12-13;1-10(2,3)8-4-5-9-11-7-12-13(9)6-8/h2*5-8H,1-4H3;2*4-7H,1-3H3. The lowest BCUT2D eigenvalue weighted by Crippen LogP contribution is -2.12. The largest absolute Gasteiger partial charge is 0.304 e. The van der Waals surface area contributed by atoms with Crippen LogP contribution in [-0.4, -0.2) is 48.0 Å². The molecule has 0 atom stereocenters. The first-order valence-corrected chi connectivity index (χ1v) is 18.6. The van der Waals surface area contributed by atoms with Crippen LogP contribution in [0.2, 0.25) is 0 Å². The normalized spacial score (nSPS) is 12.3. The highest BCUT2D eigenvalue weighted by molar-refractivity contribution is 5.44. The molecule has 0 aliphatic carbocycles. The Bertz CT molecular complexity index is 2290. The van der Waals surface area contributed by atoms with Gasteiger partial charge < -0.3 is 8.80 Å². The molecule has 8 rings (SSSR count). The Kier molecular flexibility index (Phi) is 11.2. The van der Waals surface area contributed by atoms with Gasteiger partial charge in [-0.15, -0.1) is 0 Å². The summed E-state index contributed by atoms with van der Waals surface area (Å²) >= 11 is 0. The van der Waals surface area contributed by atoms with Crippen LogP contribution < -0.4 is 0 Å². The van der Waals surface area contributed by atoms with Crippen molar-refractivity contribution in [2.45, 2.75) is 119 Å². The summed E-state index contributed by atoms with van der Waals surface area (Å²) in [5.74, 6) is 0. The monoisotopic (exact) mass is 726 g/mol. The Hall–Kier alpha value is -5.38. The van der Waals surface area contributed by atoms with Crippen molar-refractivity contribution in [2.75, 3.05) is 0 Å². The van der Waals surface area contributed by atoms with E-state index in [0.29, 0.717) is 0 Å². The summed E-state index contributed by atoms with van der Waals surface area (Å²) in [6.45, 7) is 30.6. The van der Waals surface area contributed by atoms with Crippen molar-refractivity contribution in [1.82, 2.24) is 48.0 Å². The number of pyridine rings is 4. The van der Waals surface area contributed by atoms with E-state index in [-0.39, 0.29) is 21.7 Å². The maximum atomic E-state index is 4.30. The molecule has 10 nitrogen and oxygen atoms in total. The van der Waals surface area contributed by atoms with Gasteiger partial charge in [0.2, 0.25) is 0 Å². The van der Waals surface area contributed by atoms with Crippen molar-refractivity contribution in [3.8, 4) is 0 Å². The van der Waals surface area contributed by atoms with Crippen LogP contribution in [0.3, 0.4) is 0 Å². The molecule has 0 radical (unpaired) electrons. The zero-order chi connectivity index (χ0) is 39.6. The van der Waals surface area contributed by atoms with Crippen molar-refractivity contribution in [3.63, 3.8) is 0 Å². The molecule has 8 heterocycles. The molecule has 0 aliphatic heterocycles. The van der Waals surface area contributed by atoms with E-state index < -0.39 is 0 Å². The highest BCUT2D eigenvalue weighted by atomic mass is 15.3. The van der Waals surface area contributed by atoms with Gasteiger partial charge >= 0.3 is 0 Å². The molecular formula is C44H58N10. The van der Waals surface area contributed by atoms with Gasteiger partial charge in [0.1, 0.15) is 23.9 Å². The lowest BCUT2D eigenvalue weighted by atomic mass is 9.88. The summed E-state index contributed by atoms with van der Waals surface area (Å²) < 4.78 is 7.86. The van der Waals surface area contributed by atoms with Crippen LogP contribution in [-0.2, 0) is 21.7 Å². The number of aryl methyl sites for hydroxylation is 2. The van der Waals surface area contributed by atoms with Crippen LogP contribution in [0.25, 0.3) is 22.6 Å². The van der Waals surface area contributed by atoms with Crippen LogP contribution in [0.15, 0.2) is 98.4 Å². The summed E-state index contributed by atoms with van der Waals surface area (Å²) in [6.07, 6.45) is 15.3. The maximum absolute atomic E-state index is 4.30. The highest BCUT2D eigenvalue weighted by Gasteiger charge is 2.17. The lowest BCUT2D eigenvalue weighted by Gasteiger charge is -2.19. The van der Waals surface area contributed by atoms with Gasteiger partial charge in [0, 0.05) is 48.6 Å². The molecule has 10 heteroatoms. The number of aromatic nitrogens is 10. The first-order chi connectivity index (χ1) is 25.1. The second kappa shape index (κ2) is 15.2. The Labute approximate surface area is 320 Å². The van der Waals surface area contributed by atoms with Gasteiger partial charge in [-0.05, 0) is 88.1 Å². The average Bonchev–Trinajstić information content (AvgIpc) is 3.90. The van der Waals surface area contributed by atoms with Crippen molar-refractivity contribution in [2.24, 2.45) is 0 Å². The summed E-state index contributed by atoms with van der Waals surface area (Å²) in [6, 6.07) is 16.7. The fourth-order valence-corrected chi connectivity index (χ4v) is 5.63. The van der Waals surface area contributed by atoms with E-state index >= 15 is 0 Å². The van der Waals surface area contributed by atoms with E-state index in [2.05, 4.69) is 191 Å². The van der Waals surface area contributed by atoms with E-state index in [1.807, 2.05) is 30.9 Å². The van der Waals surface area contributed by atoms with Crippen molar-refractivity contribution in [1.29, 1.82) is 0 Å². The Balaban J connectivity index is 0.000000139. The quantitative estimate of drug-likeness (QED) is 0.154. The minimum absolute atomic E-state index is 0.167. The molecule has 0 spiro atoms.